The van der Waals surface area contributed by atoms with Crippen LogP contribution in [-0.2, 0) is 16.1 Å². The summed E-state index contributed by atoms with van der Waals surface area (Å²) >= 11 is 4.85. The van der Waals surface area contributed by atoms with Crippen LogP contribution in [0, 0.1) is 11.3 Å². The maximum atomic E-state index is 14.3. The van der Waals surface area contributed by atoms with E-state index in [1.165, 1.54) is 11.3 Å². The van der Waals surface area contributed by atoms with E-state index >= 15 is 0 Å². The number of fused-ring (bicyclic) bond motifs is 2. The summed E-state index contributed by atoms with van der Waals surface area (Å²) in [5.41, 5.74) is 4.07. The molecule has 9 nitrogen and oxygen atoms in total. The molecule has 11 heteroatoms. The first-order valence-electron chi connectivity index (χ1n) is 15.0. The van der Waals surface area contributed by atoms with Crippen LogP contribution in [0.1, 0.15) is 40.8 Å². The van der Waals surface area contributed by atoms with Crippen molar-refractivity contribution in [1.82, 2.24) is 4.57 Å². The van der Waals surface area contributed by atoms with Gasteiger partial charge in [-0.25, -0.2) is 9.79 Å². The van der Waals surface area contributed by atoms with Gasteiger partial charge in [-0.2, -0.15) is 5.26 Å². The number of nitriles is 1. The Morgan fingerprint density at radius 3 is 2.60 bits per heavy atom. The first-order valence-corrected chi connectivity index (χ1v) is 16.6. The summed E-state index contributed by atoms with van der Waals surface area (Å²) in [4.78, 5) is 33.3. The number of rotatable bonds is 8. The van der Waals surface area contributed by atoms with Crippen molar-refractivity contribution < 1.29 is 23.7 Å². The molecule has 0 amide bonds. The first kappa shape index (κ1) is 31.2. The summed E-state index contributed by atoms with van der Waals surface area (Å²) in [5.74, 6) is 1.19. The minimum atomic E-state index is -0.836. The maximum absolute atomic E-state index is 14.3. The summed E-state index contributed by atoms with van der Waals surface area (Å²) in [5, 5.41) is 9.03. The number of nitrogens with zero attached hydrogens (tertiary/aromatic N) is 3. The Morgan fingerprint density at radius 1 is 1.06 bits per heavy atom. The molecule has 7 rings (SSSR count). The molecule has 4 aromatic carbocycles. The number of carbonyl (C=O) groups excluding carboxylic acids is 1. The minimum absolute atomic E-state index is 0.0895. The van der Waals surface area contributed by atoms with E-state index in [9.17, 15) is 9.59 Å². The predicted octanol–water partition coefficient (Wildman–Crippen LogP) is 5.88. The number of carbonyl (C=O) groups is 1. The highest BCUT2D eigenvalue weighted by molar-refractivity contribution is 9.10. The van der Waals surface area contributed by atoms with Gasteiger partial charge in [0.2, 0.25) is 6.79 Å². The van der Waals surface area contributed by atoms with E-state index in [0.717, 1.165) is 16.7 Å². The largest absolute Gasteiger partial charge is 0.488 e. The average Bonchev–Trinajstić information content (AvgIpc) is 3.71. The Morgan fingerprint density at radius 2 is 1.85 bits per heavy atom. The molecule has 1 aromatic heterocycles. The van der Waals surface area contributed by atoms with Crippen molar-refractivity contribution >= 4 is 45.0 Å². The molecule has 2 aliphatic rings. The highest BCUT2D eigenvalue weighted by atomic mass is 79.9. The number of ether oxygens (including phenoxy) is 4. The molecule has 0 N–H and O–H groups in total. The molecule has 0 radical (unpaired) electrons. The molecule has 0 aliphatic carbocycles. The number of halogens is 1. The molecule has 0 bridgehead atoms. The fourth-order valence-electron chi connectivity index (χ4n) is 5.55. The Labute approximate surface area is 287 Å². The van der Waals surface area contributed by atoms with Crippen LogP contribution in [0.15, 0.2) is 111 Å². The lowest BCUT2D eigenvalue weighted by Crippen LogP contribution is -2.40. The van der Waals surface area contributed by atoms with Gasteiger partial charge in [-0.3, -0.25) is 9.36 Å². The normalized spacial score (nSPS) is 15.0. The third-order valence-electron chi connectivity index (χ3n) is 7.82. The lowest BCUT2D eigenvalue weighted by molar-refractivity contribution is -0.138. The second-order valence-corrected chi connectivity index (χ2v) is 12.7. The Bertz CT molecular complexity index is 2310. The Kier molecular flexibility index (Phi) is 8.67. The van der Waals surface area contributed by atoms with E-state index < -0.39 is 12.0 Å². The highest BCUT2D eigenvalue weighted by Gasteiger charge is 2.36. The lowest BCUT2D eigenvalue weighted by atomic mass is 9.93. The van der Waals surface area contributed by atoms with E-state index in [1.807, 2.05) is 66.7 Å². The number of hydrogen-bond donors (Lipinski definition) is 0. The monoisotopic (exact) mass is 719 g/mol. The van der Waals surface area contributed by atoms with Crippen molar-refractivity contribution in [3.8, 4) is 23.3 Å². The molecule has 48 heavy (non-hydrogen) atoms. The van der Waals surface area contributed by atoms with Gasteiger partial charge in [0.05, 0.1) is 44.6 Å². The van der Waals surface area contributed by atoms with Crippen LogP contribution < -0.4 is 29.1 Å². The van der Waals surface area contributed by atoms with Gasteiger partial charge in [-0.15, -0.1) is 0 Å². The maximum Gasteiger partial charge on any atom is 0.338 e. The zero-order valence-electron chi connectivity index (χ0n) is 25.5. The van der Waals surface area contributed by atoms with Gasteiger partial charge in [-0.05, 0) is 82.0 Å². The van der Waals surface area contributed by atoms with Crippen LogP contribution in [0.4, 0.5) is 0 Å². The van der Waals surface area contributed by atoms with Gasteiger partial charge in [0.15, 0.2) is 16.3 Å². The number of thiazole rings is 1. The van der Waals surface area contributed by atoms with Gasteiger partial charge < -0.3 is 18.9 Å². The highest BCUT2D eigenvalue weighted by Crippen LogP contribution is 2.40. The van der Waals surface area contributed by atoms with Gasteiger partial charge in [0, 0.05) is 5.56 Å². The zero-order valence-corrected chi connectivity index (χ0v) is 27.9. The van der Waals surface area contributed by atoms with Gasteiger partial charge in [0.1, 0.15) is 12.4 Å². The fourth-order valence-corrected chi connectivity index (χ4v) is 7.06. The molecule has 0 unspecified atom stereocenters. The molecule has 5 aromatic rings. The van der Waals surface area contributed by atoms with E-state index in [1.54, 1.807) is 41.8 Å². The molecular weight excluding hydrogens is 694 g/mol. The summed E-state index contributed by atoms with van der Waals surface area (Å²) in [7, 11) is 0. The van der Waals surface area contributed by atoms with E-state index in [2.05, 4.69) is 22.0 Å². The van der Waals surface area contributed by atoms with Gasteiger partial charge >= 0.3 is 5.97 Å². The smallest absolute Gasteiger partial charge is 0.338 e. The number of hydrogen-bond acceptors (Lipinski definition) is 9. The number of aromatic nitrogens is 1. The van der Waals surface area contributed by atoms with Crippen LogP contribution in [0.3, 0.4) is 0 Å². The van der Waals surface area contributed by atoms with Crippen molar-refractivity contribution in [1.29, 1.82) is 5.26 Å². The molecular formula is C37H26BrN3O6S. The average molecular weight is 721 g/mol. The minimum Gasteiger partial charge on any atom is -0.488 e. The molecule has 2 aliphatic heterocycles. The summed E-state index contributed by atoms with van der Waals surface area (Å²) in [6.07, 6.45) is 1.80. The van der Waals surface area contributed by atoms with E-state index in [0.29, 0.717) is 54.5 Å². The second-order valence-electron chi connectivity index (χ2n) is 10.8. The second kappa shape index (κ2) is 13.4. The van der Waals surface area contributed by atoms with Crippen molar-refractivity contribution in [3.05, 3.63) is 149 Å². The summed E-state index contributed by atoms with van der Waals surface area (Å²) < 4.78 is 25.5. The van der Waals surface area contributed by atoms with Crippen LogP contribution >= 0.6 is 27.3 Å². The van der Waals surface area contributed by atoms with Crippen LogP contribution in [0.2, 0.25) is 0 Å². The topological polar surface area (TPSA) is 112 Å². The standard InChI is InChI=1S/C37H26BrN3O6S/c1-2-44-36(43)32-33(25-6-4-3-5-7-25)40-37-41(34(32)26-13-15-29-30(18-26)47-21-46-29)35(42)31(48-37)17-24-12-14-28(27(38)16-24)45-20-23-10-8-22(19-39)9-11-23/h3-18,34H,2,20-21H2,1H3/b31-17-/t34-/m1/s1. The summed E-state index contributed by atoms with van der Waals surface area (Å²) in [6.45, 7) is 2.32. The van der Waals surface area contributed by atoms with E-state index in [-0.39, 0.29) is 24.5 Å². The molecule has 0 saturated carbocycles. The van der Waals surface area contributed by atoms with Crippen molar-refractivity contribution in [2.24, 2.45) is 4.99 Å². The van der Waals surface area contributed by atoms with Crippen molar-refractivity contribution in [3.63, 3.8) is 0 Å². The van der Waals surface area contributed by atoms with Crippen LogP contribution in [0.25, 0.3) is 11.8 Å². The molecule has 0 saturated heterocycles. The third kappa shape index (κ3) is 6.03. The quantitative estimate of drug-likeness (QED) is 0.184. The Hall–Kier alpha value is -5.44. The van der Waals surface area contributed by atoms with E-state index in [4.69, 9.17) is 29.2 Å². The third-order valence-corrected chi connectivity index (χ3v) is 9.42. The molecule has 238 valence electrons. The zero-order chi connectivity index (χ0) is 33.2. The van der Waals surface area contributed by atoms with Crippen LogP contribution in [-0.4, -0.2) is 23.9 Å². The van der Waals surface area contributed by atoms with Crippen molar-refractivity contribution in [2.75, 3.05) is 13.4 Å². The van der Waals surface area contributed by atoms with Gasteiger partial charge in [0.25, 0.3) is 5.56 Å². The molecule has 1 atom stereocenters. The predicted molar refractivity (Wildman–Crippen MR) is 183 cm³/mol. The lowest BCUT2D eigenvalue weighted by Gasteiger charge is -2.26. The fraction of sp³-hybridized carbons (Fsp3) is 0.135. The SMILES string of the molecule is CCOC(=O)C1=C(c2ccccc2)N=c2s/c(=C\c3ccc(OCc4ccc(C#N)cc4)c(Br)c3)c(=O)n2[C@@H]1c1ccc2c(c1)OCO2. The van der Waals surface area contributed by atoms with Crippen molar-refractivity contribution in [2.45, 2.75) is 19.6 Å². The van der Waals surface area contributed by atoms with Gasteiger partial charge in [-0.1, -0.05) is 65.9 Å². The number of benzene rings is 4. The number of esters is 1. The summed E-state index contributed by atoms with van der Waals surface area (Å²) in [6, 6.07) is 28.9. The first-order chi connectivity index (χ1) is 23.4. The van der Waals surface area contributed by atoms with Crippen LogP contribution in [0.5, 0.6) is 17.2 Å². The molecule has 3 heterocycles. The molecule has 0 fully saturated rings. The Balaban J connectivity index is 1.31. The molecule has 0 spiro atoms.